The van der Waals surface area contributed by atoms with E-state index < -0.39 is 0 Å². The molecule has 1 aliphatic heterocycles. The Morgan fingerprint density at radius 3 is 2.72 bits per heavy atom. The molecule has 0 aliphatic carbocycles. The highest BCUT2D eigenvalue weighted by atomic mass is 16.3. The van der Waals surface area contributed by atoms with Gasteiger partial charge in [0, 0.05) is 26.2 Å². The number of piperazine rings is 1. The highest BCUT2D eigenvalue weighted by Gasteiger charge is 2.24. The second-order valence-corrected chi connectivity index (χ2v) is 4.70. The summed E-state index contributed by atoms with van der Waals surface area (Å²) < 4.78 is 5.32. The van der Waals surface area contributed by atoms with Gasteiger partial charge in [-0.15, -0.1) is 0 Å². The van der Waals surface area contributed by atoms with E-state index in [1.165, 1.54) is 0 Å². The molecule has 18 heavy (non-hydrogen) atoms. The summed E-state index contributed by atoms with van der Waals surface area (Å²) in [6, 6.07) is 3.53. The molecule has 1 aliphatic rings. The summed E-state index contributed by atoms with van der Waals surface area (Å²) in [6.45, 7) is 6.02. The lowest BCUT2D eigenvalue weighted by Gasteiger charge is -2.35. The number of carbonyl (C=O) groups is 1. The van der Waals surface area contributed by atoms with E-state index in [0.29, 0.717) is 6.42 Å². The van der Waals surface area contributed by atoms with Crippen LogP contribution in [0.1, 0.15) is 19.1 Å². The van der Waals surface area contributed by atoms with Crippen molar-refractivity contribution in [2.24, 2.45) is 5.73 Å². The maximum Gasteiger partial charge on any atom is 0.239 e. The van der Waals surface area contributed by atoms with Gasteiger partial charge in [-0.25, -0.2) is 0 Å². The zero-order valence-corrected chi connectivity index (χ0v) is 10.8. The van der Waals surface area contributed by atoms with E-state index in [9.17, 15) is 4.79 Å². The maximum atomic E-state index is 11.9. The molecule has 2 heterocycles. The molecule has 1 amide bonds. The van der Waals surface area contributed by atoms with Crippen molar-refractivity contribution in [1.29, 1.82) is 0 Å². The maximum absolute atomic E-state index is 11.9. The summed E-state index contributed by atoms with van der Waals surface area (Å²) in [5, 5.41) is 0. The molecule has 0 aromatic carbocycles. The molecule has 0 radical (unpaired) electrons. The van der Waals surface area contributed by atoms with E-state index in [1.54, 1.807) is 6.26 Å². The highest BCUT2D eigenvalue weighted by molar-refractivity contribution is 5.81. The van der Waals surface area contributed by atoms with E-state index in [2.05, 4.69) is 4.90 Å². The molecule has 2 rings (SSSR count). The fourth-order valence-corrected chi connectivity index (χ4v) is 2.16. The Morgan fingerprint density at radius 1 is 1.44 bits per heavy atom. The molecule has 1 aromatic rings. The summed E-state index contributed by atoms with van der Waals surface area (Å²) in [6.07, 6.45) is 2.39. The van der Waals surface area contributed by atoms with Crippen LogP contribution in [-0.2, 0) is 11.3 Å². The van der Waals surface area contributed by atoms with Crippen LogP contribution in [-0.4, -0.2) is 47.9 Å². The summed E-state index contributed by atoms with van der Waals surface area (Å²) in [4.78, 5) is 16.1. The van der Waals surface area contributed by atoms with E-state index in [0.717, 1.165) is 38.5 Å². The average Bonchev–Trinajstić information content (AvgIpc) is 2.91. The topological polar surface area (TPSA) is 62.7 Å². The molecule has 1 atom stereocenters. The minimum atomic E-state index is -0.346. The van der Waals surface area contributed by atoms with Gasteiger partial charge in [-0.1, -0.05) is 6.92 Å². The standard InChI is InChI=1S/C13H21N3O2/c1-2-12(14)13(17)16-7-5-15(6-8-16)10-11-4-3-9-18-11/h3-4,9,12H,2,5-8,10,14H2,1H3/t12-/m0/s1. The lowest BCUT2D eigenvalue weighted by molar-refractivity contribution is -0.134. The molecule has 0 bridgehead atoms. The quantitative estimate of drug-likeness (QED) is 0.854. The van der Waals surface area contributed by atoms with Crippen LogP contribution in [0.5, 0.6) is 0 Å². The number of furan rings is 1. The molecule has 5 heteroatoms. The summed E-state index contributed by atoms with van der Waals surface area (Å²) >= 11 is 0. The summed E-state index contributed by atoms with van der Waals surface area (Å²) in [5.74, 6) is 1.05. The number of hydrogen-bond acceptors (Lipinski definition) is 4. The van der Waals surface area contributed by atoms with Gasteiger partial charge in [-0.2, -0.15) is 0 Å². The van der Waals surface area contributed by atoms with Crippen molar-refractivity contribution in [1.82, 2.24) is 9.80 Å². The fraction of sp³-hybridized carbons (Fsp3) is 0.615. The first-order valence-electron chi connectivity index (χ1n) is 6.49. The van der Waals surface area contributed by atoms with Gasteiger partial charge in [0.2, 0.25) is 5.91 Å². The molecular formula is C13H21N3O2. The highest BCUT2D eigenvalue weighted by Crippen LogP contribution is 2.10. The molecule has 2 N–H and O–H groups in total. The van der Waals surface area contributed by atoms with Gasteiger partial charge in [0.05, 0.1) is 18.8 Å². The number of rotatable bonds is 4. The number of carbonyl (C=O) groups excluding carboxylic acids is 1. The first kappa shape index (κ1) is 13.1. The molecular weight excluding hydrogens is 230 g/mol. The predicted molar refractivity (Wildman–Crippen MR) is 68.8 cm³/mol. The van der Waals surface area contributed by atoms with E-state index in [4.69, 9.17) is 10.2 Å². The van der Waals surface area contributed by atoms with Crippen molar-refractivity contribution in [3.05, 3.63) is 24.2 Å². The molecule has 0 spiro atoms. The van der Waals surface area contributed by atoms with Crippen molar-refractivity contribution in [2.45, 2.75) is 25.9 Å². The predicted octanol–water partition coefficient (Wildman–Crippen LogP) is 0.661. The van der Waals surface area contributed by atoms with Gasteiger partial charge < -0.3 is 15.1 Å². The van der Waals surface area contributed by atoms with Crippen molar-refractivity contribution in [3.63, 3.8) is 0 Å². The molecule has 0 saturated carbocycles. The van der Waals surface area contributed by atoms with Crippen LogP contribution in [0.2, 0.25) is 0 Å². The van der Waals surface area contributed by atoms with Gasteiger partial charge in [0.25, 0.3) is 0 Å². The van der Waals surface area contributed by atoms with Crippen LogP contribution in [0.3, 0.4) is 0 Å². The number of hydrogen-bond donors (Lipinski definition) is 1. The van der Waals surface area contributed by atoms with Gasteiger partial charge in [-0.3, -0.25) is 9.69 Å². The fourth-order valence-electron chi connectivity index (χ4n) is 2.16. The average molecular weight is 251 g/mol. The Kier molecular flexibility index (Phi) is 4.38. The first-order valence-corrected chi connectivity index (χ1v) is 6.49. The van der Waals surface area contributed by atoms with Crippen LogP contribution in [0.4, 0.5) is 0 Å². The second kappa shape index (κ2) is 6.02. The first-order chi connectivity index (χ1) is 8.70. The molecule has 1 aromatic heterocycles. The van der Waals surface area contributed by atoms with Gasteiger partial charge >= 0.3 is 0 Å². The number of nitrogens with two attached hydrogens (primary N) is 1. The van der Waals surface area contributed by atoms with Gasteiger partial charge in [-0.05, 0) is 18.6 Å². The Labute approximate surface area is 108 Å². The summed E-state index contributed by atoms with van der Waals surface area (Å²) in [7, 11) is 0. The molecule has 0 unspecified atom stereocenters. The molecule has 1 fully saturated rings. The Hall–Kier alpha value is -1.33. The van der Waals surface area contributed by atoms with Crippen LogP contribution < -0.4 is 5.73 Å². The van der Waals surface area contributed by atoms with Gasteiger partial charge in [0.1, 0.15) is 5.76 Å². The van der Waals surface area contributed by atoms with E-state index in [-0.39, 0.29) is 11.9 Å². The van der Waals surface area contributed by atoms with Crippen molar-refractivity contribution in [3.8, 4) is 0 Å². The molecule has 1 saturated heterocycles. The Balaban J connectivity index is 1.79. The molecule has 5 nitrogen and oxygen atoms in total. The van der Waals surface area contributed by atoms with Crippen LogP contribution in [0, 0.1) is 0 Å². The summed E-state index contributed by atoms with van der Waals surface area (Å²) in [5.41, 5.74) is 5.77. The minimum absolute atomic E-state index is 0.0788. The van der Waals surface area contributed by atoms with E-state index >= 15 is 0 Å². The zero-order chi connectivity index (χ0) is 13.0. The Bertz CT molecular complexity index is 370. The number of amides is 1. The Morgan fingerprint density at radius 2 is 2.17 bits per heavy atom. The van der Waals surface area contributed by atoms with Crippen LogP contribution >= 0.6 is 0 Å². The van der Waals surface area contributed by atoms with Crippen molar-refractivity contribution < 1.29 is 9.21 Å². The lowest BCUT2D eigenvalue weighted by Crippen LogP contribution is -2.52. The third kappa shape index (κ3) is 3.11. The van der Waals surface area contributed by atoms with Gasteiger partial charge in [0.15, 0.2) is 0 Å². The lowest BCUT2D eigenvalue weighted by atomic mass is 10.2. The smallest absolute Gasteiger partial charge is 0.239 e. The second-order valence-electron chi connectivity index (χ2n) is 4.70. The van der Waals surface area contributed by atoms with Crippen molar-refractivity contribution >= 4 is 5.91 Å². The minimum Gasteiger partial charge on any atom is -0.468 e. The third-order valence-electron chi connectivity index (χ3n) is 3.40. The number of nitrogens with zero attached hydrogens (tertiary/aromatic N) is 2. The van der Waals surface area contributed by atoms with Crippen molar-refractivity contribution in [2.75, 3.05) is 26.2 Å². The van der Waals surface area contributed by atoms with Crippen LogP contribution in [0.25, 0.3) is 0 Å². The largest absolute Gasteiger partial charge is 0.468 e. The third-order valence-corrected chi connectivity index (χ3v) is 3.40. The SMILES string of the molecule is CC[C@H](N)C(=O)N1CCN(Cc2ccco2)CC1. The van der Waals surface area contributed by atoms with E-state index in [1.807, 2.05) is 24.0 Å². The zero-order valence-electron chi connectivity index (χ0n) is 10.8. The normalized spacial score (nSPS) is 18.9. The van der Waals surface area contributed by atoms with Crippen LogP contribution in [0.15, 0.2) is 22.8 Å². The molecule has 100 valence electrons. The monoisotopic (exact) mass is 251 g/mol.